The van der Waals surface area contributed by atoms with Crippen LogP contribution in [0, 0.1) is 0 Å². The summed E-state index contributed by atoms with van der Waals surface area (Å²) in [5, 5.41) is 12.6. The van der Waals surface area contributed by atoms with Crippen LogP contribution in [0.15, 0.2) is 18.2 Å². The average Bonchev–Trinajstić information content (AvgIpc) is 2.73. The van der Waals surface area contributed by atoms with Crippen molar-refractivity contribution in [2.75, 3.05) is 6.79 Å². The second-order valence-electron chi connectivity index (χ2n) is 4.06. The number of aliphatic hydroxyl groups excluding tert-OH is 1. The van der Waals surface area contributed by atoms with Crippen molar-refractivity contribution in [3.63, 3.8) is 0 Å². The molecule has 1 aromatic rings. The molecule has 0 saturated heterocycles. The predicted octanol–water partition coefficient (Wildman–Crippen LogP) is 1.27. The molecule has 1 aliphatic heterocycles. The number of fused-ring (bicyclic) bond motifs is 1. The molecular weight excluding hydrogens is 206 g/mol. The lowest BCUT2D eigenvalue weighted by molar-refractivity contribution is 0.151. The van der Waals surface area contributed by atoms with E-state index < -0.39 is 0 Å². The molecule has 4 heteroatoms. The van der Waals surface area contributed by atoms with E-state index in [1.54, 1.807) is 6.92 Å². The molecule has 1 aromatic carbocycles. The van der Waals surface area contributed by atoms with Gasteiger partial charge in [-0.2, -0.15) is 0 Å². The zero-order chi connectivity index (χ0) is 11.5. The first-order valence-electron chi connectivity index (χ1n) is 5.47. The quantitative estimate of drug-likeness (QED) is 0.807. The highest BCUT2D eigenvalue weighted by Crippen LogP contribution is 2.35. The molecular formula is C12H17NO3. The van der Waals surface area contributed by atoms with Crippen LogP contribution in [-0.4, -0.2) is 24.0 Å². The summed E-state index contributed by atoms with van der Waals surface area (Å²) in [5.41, 5.74) is 1.06. The Labute approximate surface area is 95.2 Å². The second-order valence-corrected chi connectivity index (χ2v) is 4.06. The summed E-state index contributed by atoms with van der Waals surface area (Å²) < 4.78 is 10.7. The Morgan fingerprint density at radius 1 is 1.38 bits per heavy atom. The molecule has 0 amide bonds. The molecule has 1 heterocycles. The Hall–Kier alpha value is -1.26. The summed E-state index contributed by atoms with van der Waals surface area (Å²) in [6.07, 6.45) is -0.367. The lowest BCUT2D eigenvalue weighted by Gasteiger charge is -2.17. The smallest absolute Gasteiger partial charge is 0.231 e. The van der Waals surface area contributed by atoms with E-state index in [0.29, 0.717) is 6.54 Å². The van der Waals surface area contributed by atoms with E-state index in [0.717, 1.165) is 17.1 Å². The van der Waals surface area contributed by atoms with Crippen LogP contribution in [0.5, 0.6) is 11.5 Å². The Morgan fingerprint density at radius 2 is 2.19 bits per heavy atom. The van der Waals surface area contributed by atoms with E-state index in [1.807, 2.05) is 25.1 Å². The number of ether oxygens (including phenoxy) is 2. The molecule has 4 nitrogen and oxygen atoms in total. The van der Waals surface area contributed by atoms with Gasteiger partial charge in [-0.15, -0.1) is 0 Å². The highest BCUT2D eigenvalue weighted by Gasteiger charge is 2.17. The summed E-state index contributed by atoms with van der Waals surface area (Å²) in [5.74, 6) is 1.61. The molecule has 0 saturated carbocycles. The van der Waals surface area contributed by atoms with E-state index in [1.165, 1.54) is 0 Å². The van der Waals surface area contributed by atoms with Crippen LogP contribution in [0.4, 0.5) is 0 Å². The molecule has 2 N–H and O–H groups in total. The van der Waals surface area contributed by atoms with Gasteiger partial charge in [0.15, 0.2) is 11.5 Å². The fourth-order valence-electron chi connectivity index (χ4n) is 1.57. The first-order valence-corrected chi connectivity index (χ1v) is 5.47. The highest BCUT2D eigenvalue weighted by molar-refractivity contribution is 5.48. The minimum Gasteiger partial charge on any atom is -0.454 e. The van der Waals surface area contributed by atoms with Crippen molar-refractivity contribution in [1.82, 2.24) is 5.32 Å². The summed E-state index contributed by atoms with van der Waals surface area (Å²) in [6, 6.07) is 5.88. The third-order valence-electron chi connectivity index (χ3n) is 2.82. The molecule has 2 rings (SSSR count). The molecule has 2 unspecified atom stereocenters. The lowest BCUT2D eigenvalue weighted by Crippen LogP contribution is -2.34. The van der Waals surface area contributed by atoms with Crippen LogP contribution in [0.1, 0.15) is 19.4 Å². The molecule has 0 aliphatic carbocycles. The van der Waals surface area contributed by atoms with Gasteiger partial charge in [0.2, 0.25) is 6.79 Å². The van der Waals surface area contributed by atoms with Crippen LogP contribution in [0.25, 0.3) is 0 Å². The summed E-state index contributed by atoms with van der Waals surface area (Å²) in [7, 11) is 0. The van der Waals surface area contributed by atoms with Gasteiger partial charge in [-0.3, -0.25) is 0 Å². The number of hydrogen-bond donors (Lipinski definition) is 2. The molecule has 88 valence electrons. The predicted molar refractivity (Wildman–Crippen MR) is 60.5 cm³/mol. The van der Waals surface area contributed by atoms with Crippen molar-refractivity contribution in [2.24, 2.45) is 0 Å². The fourth-order valence-corrected chi connectivity index (χ4v) is 1.57. The standard InChI is InChI=1S/C12H17NO3/c1-8(9(2)14)13-6-10-4-3-5-11-12(10)16-7-15-11/h3-5,8-9,13-14H,6-7H2,1-2H3. The SMILES string of the molecule is CC(O)C(C)NCc1cccc2c1OCO2. The van der Waals surface area contributed by atoms with Crippen LogP contribution >= 0.6 is 0 Å². The van der Waals surface area contributed by atoms with Gasteiger partial charge in [-0.05, 0) is 19.9 Å². The first kappa shape index (κ1) is 11.2. The van der Waals surface area contributed by atoms with E-state index in [2.05, 4.69) is 5.32 Å². The number of nitrogens with one attached hydrogen (secondary N) is 1. The van der Waals surface area contributed by atoms with Gasteiger partial charge in [-0.1, -0.05) is 12.1 Å². The minimum atomic E-state index is -0.367. The topological polar surface area (TPSA) is 50.7 Å². The highest BCUT2D eigenvalue weighted by atomic mass is 16.7. The van der Waals surface area contributed by atoms with Gasteiger partial charge in [0.1, 0.15) is 0 Å². The Bertz CT molecular complexity index is 365. The number of aliphatic hydroxyl groups is 1. The molecule has 0 spiro atoms. The number of hydrogen-bond acceptors (Lipinski definition) is 4. The normalized spacial score (nSPS) is 17.2. The van der Waals surface area contributed by atoms with Gasteiger partial charge in [0.25, 0.3) is 0 Å². The van der Waals surface area contributed by atoms with Crippen molar-refractivity contribution in [1.29, 1.82) is 0 Å². The van der Waals surface area contributed by atoms with Crippen LogP contribution in [-0.2, 0) is 6.54 Å². The van der Waals surface area contributed by atoms with E-state index in [9.17, 15) is 5.11 Å². The maximum absolute atomic E-state index is 9.37. The zero-order valence-corrected chi connectivity index (χ0v) is 9.56. The Morgan fingerprint density at radius 3 is 2.94 bits per heavy atom. The van der Waals surface area contributed by atoms with Crippen molar-refractivity contribution >= 4 is 0 Å². The summed E-state index contributed by atoms with van der Waals surface area (Å²) in [6.45, 7) is 4.68. The average molecular weight is 223 g/mol. The summed E-state index contributed by atoms with van der Waals surface area (Å²) >= 11 is 0. The van der Waals surface area contributed by atoms with E-state index >= 15 is 0 Å². The molecule has 0 aromatic heterocycles. The lowest BCUT2D eigenvalue weighted by atomic mass is 10.1. The maximum Gasteiger partial charge on any atom is 0.231 e. The number of benzene rings is 1. The number of para-hydroxylation sites is 1. The third-order valence-corrected chi connectivity index (χ3v) is 2.82. The van der Waals surface area contributed by atoms with E-state index in [-0.39, 0.29) is 18.9 Å². The Kier molecular flexibility index (Phi) is 3.31. The second kappa shape index (κ2) is 4.72. The van der Waals surface area contributed by atoms with Gasteiger partial charge < -0.3 is 19.9 Å². The van der Waals surface area contributed by atoms with Crippen LogP contribution < -0.4 is 14.8 Å². The molecule has 1 aliphatic rings. The third kappa shape index (κ3) is 2.28. The zero-order valence-electron chi connectivity index (χ0n) is 9.56. The van der Waals surface area contributed by atoms with Gasteiger partial charge in [0.05, 0.1) is 6.10 Å². The number of rotatable bonds is 4. The van der Waals surface area contributed by atoms with Crippen LogP contribution in [0.2, 0.25) is 0 Å². The van der Waals surface area contributed by atoms with Gasteiger partial charge >= 0.3 is 0 Å². The van der Waals surface area contributed by atoms with Gasteiger partial charge in [0, 0.05) is 18.2 Å². The molecule has 16 heavy (non-hydrogen) atoms. The van der Waals surface area contributed by atoms with Crippen molar-refractivity contribution in [3.8, 4) is 11.5 Å². The van der Waals surface area contributed by atoms with Crippen molar-refractivity contribution in [2.45, 2.75) is 32.5 Å². The monoisotopic (exact) mass is 223 g/mol. The fraction of sp³-hybridized carbons (Fsp3) is 0.500. The van der Waals surface area contributed by atoms with Crippen molar-refractivity contribution in [3.05, 3.63) is 23.8 Å². The largest absolute Gasteiger partial charge is 0.454 e. The molecule has 0 bridgehead atoms. The first-order chi connectivity index (χ1) is 7.68. The Balaban J connectivity index is 2.03. The van der Waals surface area contributed by atoms with E-state index in [4.69, 9.17) is 9.47 Å². The molecule has 0 radical (unpaired) electrons. The van der Waals surface area contributed by atoms with Crippen molar-refractivity contribution < 1.29 is 14.6 Å². The maximum atomic E-state index is 9.37. The van der Waals surface area contributed by atoms with Crippen LogP contribution in [0.3, 0.4) is 0 Å². The summed E-state index contributed by atoms with van der Waals surface area (Å²) in [4.78, 5) is 0. The molecule has 0 fully saturated rings. The van der Waals surface area contributed by atoms with Gasteiger partial charge in [-0.25, -0.2) is 0 Å². The molecule has 2 atom stereocenters. The minimum absolute atomic E-state index is 0.0539.